The predicted octanol–water partition coefficient (Wildman–Crippen LogP) is 2.27. The van der Waals surface area contributed by atoms with Gasteiger partial charge in [0.25, 0.3) is 5.91 Å². The topological polar surface area (TPSA) is 61.9 Å². The SMILES string of the molecule is O=C(c1n[nH]c2c1CCC2)N1CCCC1c1cccnc1. The molecule has 1 saturated heterocycles. The molecule has 1 unspecified atom stereocenters. The van der Waals surface area contributed by atoms with Crippen LogP contribution in [0.1, 0.15) is 52.6 Å². The molecule has 0 aromatic carbocycles. The molecule has 3 heterocycles. The van der Waals surface area contributed by atoms with Crippen molar-refractivity contribution in [2.75, 3.05) is 6.54 Å². The molecule has 5 nitrogen and oxygen atoms in total. The molecule has 0 saturated carbocycles. The fourth-order valence-electron chi connectivity index (χ4n) is 3.56. The van der Waals surface area contributed by atoms with E-state index >= 15 is 0 Å². The Morgan fingerprint density at radius 2 is 2.29 bits per heavy atom. The number of hydrogen-bond donors (Lipinski definition) is 1. The molecule has 0 radical (unpaired) electrons. The molecule has 21 heavy (non-hydrogen) atoms. The Balaban J connectivity index is 1.64. The highest BCUT2D eigenvalue weighted by molar-refractivity contribution is 5.94. The number of nitrogens with zero attached hydrogens (tertiary/aromatic N) is 3. The lowest BCUT2D eigenvalue weighted by atomic mass is 10.1. The fraction of sp³-hybridized carbons (Fsp3) is 0.438. The Kier molecular flexibility index (Phi) is 2.98. The lowest BCUT2D eigenvalue weighted by molar-refractivity contribution is 0.0728. The molecule has 1 aliphatic heterocycles. The molecule has 1 fully saturated rings. The number of hydrogen-bond acceptors (Lipinski definition) is 3. The first-order valence-electron chi connectivity index (χ1n) is 7.61. The van der Waals surface area contributed by atoms with Crippen molar-refractivity contribution < 1.29 is 4.79 Å². The third-order valence-corrected chi connectivity index (χ3v) is 4.59. The maximum atomic E-state index is 12.9. The van der Waals surface area contributed by atoms with Crippen LogP contribution >= 0.6 is 0 Å². The zero-order valence-corrected chi connectivity index (χ0v) is 11.9. The van der Waals surface area contributed by atoms with Gasteiger partial charge >= 0.3 is 0 Å². The minimum absolute atomic E-state index is 0.0701. The largest absolute Gasteiger partial charge is 0.330 e. The minimum Gasteiger partial charge on any atom is -0.330 e. The number of pyridine rings is 1. The van der Waals surface area contributed by atoms with Gasteiger partial charge in [-0.05, 0) is 43.7 Å². The van der Waals surface area contributed by atoms with Crippen molar-refractivity contribution in [3.8, 4) is 0 Å². The fourth-order valence-corrected chi connectivity index (χ4v) is 3.56. The average molecular weight is 282 g/mol. The van der Waals surface area contributed by atoms with Crippen LogP contribution in [0.3, 0.4) is 0 Å². The van der Waals surface area contributed by atoms with Crippen LogP contribution in [0.4, 0.5) is 0 Å². The second kappa shape index (κ2) is 4.98. The summed E-state index contributed by atoms with van der Waals surface area (Å²) in [5.74, 6) is 0.0701. The monoisotopic (exact) mass is 282 g/mol. The summed E-state index contributed by atoms with van der Waals surface area (Å²) in [6.45, 7) is 0.806. The van der Waals surface area contributed by atoms with Crippen molar-refractivity contribution in [2.24, 2.45) is 0 Å². The van der Waals surface area contributed by atoms with Crippen molar-refractivity contribution in [3.05, 3.63) is 47.0 Å². The van der Waals surface area contributed by atoms with Crippen LogP contribution in [0.2, 0.25) is 0 Å². The third-order valence-electron chi connectivity index (χ3n) is 4.59. The van der Waals surface area contributed by atoms with Gasteiger partial charge in [-0.3, -0.25) is 14.9 Å². The summed E-state index contributed by atoms with van der Waals surface area (Å²) in [7, 11) is 0. The van der Waals surface area contributed by atoms with Gasteiger partial charge in [0.15, 0.2) is 5.69 Å². The minimum atomic E-state index is 0.0701. The molecular formula is C16H18N4O. The van der Waals surface area contributed by atoms with Crippen LogP contribution < -0.4 is 0 Å². The Labute approximate surface area is 123 Å². The van der Waals surface area contributed by atoms with E-state index in [4.69, 9.17) is 0 Å². The van der Waals surface area contributed by atoms with Crippen molar-refractivity contribution >= 4 is 5.91 Å². The molecule has 2 aromatic rings. The molecule has 2 aliphatic rings. The summed E-state index contributed by atoms with van der Waals surface area (Å²) in [5.41, 5.74) is 4.04. The molecule has 1 amide bonds. The number of nitrogens with one attached hydrogen (secondary N) is 1. The molecule has 0 spiro atoms. The summed E-state index contributed by atoms with van der Waals surface area (Å²) in [5, 5.41) is 7.31. The summed E-state index contributed by atoms with van der Waals surface area (Å²) in [4.78, 5) is 19.0. The highest BCUT2D eigenvalue weighted by atomic mass is 16.2. The van der Waals surface area contributed by atoms with Gasteiger partial charge in [-0.15, -0.1) is 0 Å². The first-order valence-corrected chi connectivity index (χ1v) is 7.61. The van der Waals surface area contributed by atoms with Gasteiger partial charge in [0.05, 0.1) is 6.04 Å². The van der Waals surface area contributed by atoms with E-state index in [-0.39, 0.29) is 11.9 Å². The standard InChI is InChI=1S/C16H18N4O/c21-16(15-12-5-1-6-13(12)18-19-15)20-9-3-7-14(20)11-4-2-8-17-10-11/h2,4,8,10,14H,1,3,5-7,9H2,(H,18,19). The van der Waals surface area contributed by atoms with Crippen LogP contribution in [0.5, 0.6) is 0 Å². The number of rotatable bonds is 2. The highest BCUT2D eigenvalue weighted by Crippen LogP contribution is 2.34. The van der Waals surface area contributed by atoms with Crippen molar-refractivity contribution in [1.82, 2.24) is 20.1 Å². The van der Waals surface area contributed by atoms with E-state index in [9.17, 15) is 4.79 Å². The van der Waals surface area contributed by atoms with Gasteiger partial charge in [-0.2, -0.15) is 5.10 Å². The normalized spacial score (nSPS) is 20.8. The smallest absolute Gasteiger partial charge is 0.275 e. The number of aromatic nitrogens is 3. The maximum absolute atomic E-state index is 12.9. The number of fused-ring (bicyclic) bond motifs is 1. The Hall–Kier alpha value is -2.17. The number of amides is 1. The molecule has 1 atom stereocenters. The van der Waals surface area contributed by atoms with Crippen molar-refractivity contribution in [2.45, 2.75) is 38.1 Å². The first-order chi connectivity index (χ1) is 10.3. The van der Waals surface area contributed by atoms with Crippen molar-refractivity contribution in [1.29, 1.82) is 0 Å². The first kappa shape index (κ1) is 12.6. The second-order valence-corrected chi connectivity index (χ2v) is 5.83. The maximum Gasteiger partial charge on any atom is 0.275 e. The lowest BCUT2D eigenvalue weighted by Gasteiger charge is -2.24. The Morgan fingerprint density at radius 1 is 1.33 bits per heavy atom. The van der Waals surface area contributed by atoms with E-state index in [1.165, 1.54) is 0 Å². The van der Waals surface area contributed by atoms with Crippen LogP contribution in [-0.2, 0) is 12.8 Å². The number of likely N-dealkylation sites (tertiary alicyclic amines) is 1. The van der Waals surface area contributed by atoms with E-state index < -0.39 is 0 Å². The van der Waals surface area contributed by atoms with Gasteiger partial charge in [0.2, 0.25) is 0 Å². The highest BCUT2D eigenvalue weighted by Gasteiger charge is 2.34. The third kappa shape index (κ3) is 2.04. The average Bonchev–Trinajstić information content (AvgIpc) is 3.23. The molecule has 2 aromatic heterocycles. The van der Waals surface area contributed by atoms with E-state index in [1.54, 1.807) is 6.20 Å². The van der Waals surface area contributed by atoms with Gasteiger partial charge in [-0.25, -0.2) is 0 Å². The Morgan fingerprint density at radius 3 is 3.14 bits per heavy atom. The zero-order valence-electron chi connectivity index (χ0n) is 11.9. The quantitative estimate of drug-likeness (QED) is 0.919. The van der Waals surface area contributed by atoms with E-state index in [0.29, 0.717) is 5.69 Å². The number of aryl methyl sites for hydroxylation is 1. The van der Waals surface area contributed by atoms with Crippen LogP contribution in [0, 0.1) is 0 Å². The molecule has 5 heteroatoms. The molecule has 0 bridgehead atoms. The zero-order chi connectivity index (χ0) is 14.2. The van der Waals surface area contributed by atoms with Crippen LogP contribution in [0.25, 0.3) is 0 Å². The summed E-state index contributed by atoms with van der Waals surface area (Å²) < 4.78 is 0. The van der Waals surface area contributed by atoms with Gasteiger partial charge in [0.1, 0.15) is 0 Å². The number of H-pyrrole nitrogens is 1. The molecule has 108 valence electrons. The van der Waals surface area contributed by atoms with Crippen molar-refractivity contribution in [3.63, 3.8) is 0 Å². The van der Waals surface area contributed by atoms with E-state index in [1.807, 2.05) is 17.2 Å². The molecule has 1 aliphatic carbocycles. The Bertz CT molecular complexity index is 664. The predicted molar refractivity (Wildman–Crippen MR) is 77.9 cm³/mol. The molecule has 1 N–H and O–H groups in total. The number of carbonyl (C=O) groups is 1. The molecule has 4 rings (SSSR count). The van der Waals surface area contributed by atoms with E-state index in [2.05, 4.69) is 21.2 Å². The number of carbonyl (C=O) groups excluding carboxylic acids is 1. The van der Waals surface area contributed by atoms with Gasteiger partial charge in [0, 0.05) is 30.2 Å². The number of aromatic amines is 1. The molecular weight excluding hydrogens is 264 g/mol. The van der Waals surface area contributed by atoms with Crippen LogP contribution in [0.15, 0.2) is 24.5 Å². The second-order valence-electron chi connectivity index (χ2n) is 5.83. The van der Waals surface area contributed by atoms with Gasteiger partial charge in [-0.1, -0.05) is 6.07 Å². The lowest BCUT2D eigenvalue weighted by Crippen LogP contribution is -2.31. The summed E-state index contributed by atoms with van der Waals surface area (Å²) in [6, 6.07) is 4.13. The summed E-state index contributed by atoms with van der Waals surface area (Å²) >= 11 is 0. The van der Waals surface area contributed by atoms with Gasteiger partial charge < -0.3 is 4.90 Å². The summed E-state index contributed by atoms with van der Waals surface area (Å²) in [6.07, 6.45) is 8.79. The van der Waals surface area contributed by atoms with E-state index in [0.717, 1.165) is 55.5 Å². The van der Waals surface area contributed by atoms with Crippen LogP contribution in [-0.4, -0.2) is 32.5 Å².